The van der Waals surface area contributed by atoms with E-state index in [1.54, 1.807) is 0 Å². The predicted molar refractivity (Wildman–Crippen MR) is 85.5 cm³/mol. The Bertz CT molecular complexity index is 572. The van der Waals surface area contributed by atoms with Gasteiger partial charge in [-0.1, -0.05) is 12.1 Å². The Morgan fingerprint density at radius 1 is 1.13 bits per heavy atom. The summed E-state index contributed by atoms with van der Waals surface area (Å²) < 4.78 is 11.8. The number of nitrogens with one attached hydrogen (secondary N) is 1. The minimum Gasteiger partial charge on any atom is -0.486 e. The van der Waals surface area contributed by atoms with Crippen molar-refractivity contribution in [2.45, 2.75) is 25.1 Å². The third-order valence-corrected chi connectivity index (χ3v) is 4.85. The van der Waals surface area contributed by atoms with Gasteiger partial charge in [0.05, 0.1) is 6.17 Å². The summed E-state index contributed by atoms with van der Waals surface area (Å²) >= 11 is 0. The van der Waals surface area contributed by atoms with Crippen molar-refractivity contribution in [3.63, 3.8) is 0 Å². The van der Waals surface area contributed by atoms with Crippen LogP contribution in [0.1, 0.15) is 12.8 Å². The average Bonchev–Trinajstić information content (AvgIpc) is 3.02. The molecule has 4 rings (SSSR count). The lowest BCUT2D eigenvalue weighted by molar-refractivity contribution is -0.119. The van der Waals surface area contributed by atoms with E-state index in [4.69, 9.17) is 9.47 Å². The van der Waals surface area contributed by atoms with Crippen LogP contribution < -0.4 is 14.8 Å². The molecule has 1 aromatic rings. The first kappa shape index (κ1) is 14.8. The number of carbonyl (C=O) groups is 1. The molecular formula is C17H23N3O3. The van der Waals surface area contributed by atoms with E-state index in [0.717, 1.165) is 50.6 Å². The SMILES string of the molecule is O=C1CCC(N2CCN(CC3COc4ccccc4O3)CC2)N1. The molecule has 1 aromatic carbocycles. The lowest BCUT2D eigenvalue weighted by atomic mass is 10.2. The molecule has 2 atom stereocenters. The van der Waals surface area contributed by atoms with E-state index in [9.17, 15) is 4.79 Å². The van der Waals surface area contributed by atoms with Crippen LogP contribution in [0.2, 0.25) is 0 Å². The summed E-state index contributed by atoms with van der Waals surface area (Å²) in [6.07, 6.45) is 1.93. The number of carbonyl (C=O) groups excluding carboxylic acids is 1. The summed E-state index contributed by atoms with van der Waals surface area (Å²) in [7, 11) is 0. The smallest absolute Gasteiger partial charge is 0.221 e. The fourth-order valence-electron chi connectivity index (χ4n) is 3.57. The molecule has 0 radical (unpaired) electrons. The highest BCUT2D eigenvalue weighted by atomic mass is 16.6. The van der Waals surface area contributed by atoms with E-state index in [0.29, 0.717) is 13.0 Å². The zero-order valence-corrected chi connectivity index (χ0v) is 13.2. The van der Waals surface area contributed by atoms with Gasteiger partial charge in [-0.3, -0.25) is 14.6 Å². The van der Waals surface area contributed by atoms with Crippen LogP contribution in [0.5, 0.6) is 11.5 Å². The molecule has 0 aliphatic carbocycles. The predicted octanol–water partition coefficient (Wildman–Crippen LogP) is 0.680. The monoisotopic (exact) mass is 317 g/mol. The molecule has 2 unspecified atom stereocenters. The molecule has 2 saturated heterocycles. The highest BCUT2D eigenvalue weighted by Crippen LogP contribution is 2.31. The Morgan fingerprint density at radius 2 is 1.91 bits per heavy atom. The number of ether oxygens (including phenoxy) is 2. The fraction of sp³-hybridized carbons (Fsp3) is 0.588. The molecule has 3 aliphatic rings. The van der Waals surface area contributed by atoms with Crippen molar-refractivity contribution in [1.82, 2.24) is 15.1 Å². The first-order valence-corrected chi connectivity index (χ1v) is 8.42. The second kappa shape index (κ2) is 6.37. The van der Waals surface area contributed by atoms with Crippen LogP contribution in [0.25, 0.3) is 0 Å². The topological polar surface area (TPSA) is 54.0 Å². The van der Waals surface area contributed by atoms with Crippen LogP contribution in [0.15, 0.2) is 24.3 Å². The fourth-order valence-corrected chi connectivity index (χ4v) is 3.57. The van der Waals surface area contributed by atoms with E-state index in [1.165, 1.54) is 0 Å². The molecular weight excluding hydrogens is 294 g/mol. The van der Waals surface area contributed by atoms with Crippen molar-refractivity contribution in [1.29, 1.82) is 0 Å². The Balaban J connectivity index is 1.26. The Morgan fingerprint density at radius 3 is 2.65 bits per heavy atom. The summed E-state index contributed by atoms with van der Waals surface area (Å²) in [5.41, 5.74) is 0. The van der Waals surface area contributed by atoms with Crippen LogP contribution in [-0.2, 0) is 4.79 Å². The summed E-state index contributed by atoms with van der Waals surface area (Å²) in [6.45, 7) is 5.50. The maximum absolute atomic E-state index is 11.3. The van der Waals surface area contributed by atoms with E-state index in [1.807, 2.05) is 24.3 Å². The lowest BCUT2D eigenvalue weighted by Crippen LogP contribution is -2.55. The molecule has 1 N–H and O–H groups in total. The lowest BCUT2D eigenvalue weighted by Gasteiger charge is -2.39. The molecule has 0 spiro atoms. The summed E-state index contributed by atoms with van der Waals surface area (Å²) in [4.78, 5) is 16.2. The van der Waals surface area contributed by atoms with Gasteiger partial charge >= 0.3 is 0 Å². The minimum absolute atomic E-state index is 0.0858. The number of rotatable bonds is 3. The summed E-state index contributed by atoms with van der Waals surface area (Å²) in [5, 5.41) is 3.05. The second-order valence-corrected chi connectivity index (χ2v) is 6.46. The summed E-state index contributed by atoms with van der Waals surface area (Å²) in [6, 6.07) is 7.84. The average molecular weight is 317 g/mol. The highest BCUT2D eigenvalue weighted by molar-refractivity contribution is 5.78. The molecule has 23 heavy (non-hydrogen) atoms. The number of hydrogen-bond donors (Lipinski definition) is 1. The van der Waals surface area contributed by atoms with Gasteiger partial charge in [0.1, 0.15) is 12.7 Å². The van der Waals surface area contributed by atoms with Gasteiger partial charge in [0.2, 0.25) is 5.91 Å². The molecule has 1 amide bonds. The Labute approximate surface area is 136 Å². The van der Waals surface area contributed by atoms with Gasteiger partial charge in [-0.25, -0.2) is 0 Å². The molecule has 0 saturated carbocycles. The van der Waals surface area contributed by atoms with Gasteiger partial charge in [-0.2, -0.15) is 0 Å². The Hall–Kier alpha value is -1.79. The van der Waals surface area contributed by atoms with Crippen LogP contribution >= 0.6 is 0 Å². The number of para-hydroxylation sites is 2. The quantitative estimate of drug-likeness (QED) is 0.888. The molecule has 0 bridgehead atoms. The first-order chi connectivity index (χ1) is 11.3. The zero-order valence-electron chi connectivity index (χ0n) is 13.2. The number of piperazine rings is 1. The molecule has 0 aromatic heterocycles. The maximum Gasteiger partial charge on any atom is 0.221 e. The standard InChI is InChI=1S/C17H23N3O3/c21-17-6-5-16(18-17)20-9-7-19(8-10-20)11-13-12-22-14-3-1-2-4-15(14)23-13/h1-4,13,16H,5-12H2,(H,18,21). The third-order valence-electron chi connectivity index (χ3n) is 4.85. The van der Waals surface area contributed by atoms with Crippen LogP contribution in [-0.4, -0.2) is 67.3 Å². The van der Waals surface area contributed by atoms with Crippen LogP contribution in [0.3, 0.4) is 0 Å². The van der Waals surface area contributed by atoms with E-state index in [-0.39, 0.29) is 18.2 Å². The second-order valence-electron chi connectivity index (χ2n) is 6.46. The number of hydrogen-bond acceptors (Lipinski definition) is 5. The highest BCUT2D eigenvalue weighted by Gasteiger charge is 2.30. The number of fused-ring (bicyclic) bond motifs is 1. The molecule has 3 aliphatic heterocycles. The van der Waals surface area contributed by atoms with E-state index in [2.05, 4.69) is 15.1 Å². The van der Waals surface area contributed by atoms with E-state index >= 15 is 0 Å². The molecule has 2 fully saturated rings. The van der Waals surface area contributed by atoms with Crippen LogP contribution in [0, 0.1) is 0 Å². The van der Waals surface area contributed by atoms with Gasteiger partial charge in [-0.05, 0) is 18.6 Å². The van der Waals surface area contributed by atoms with Gasteiger partial charge in [-0.15, -0.1) is 0 Å². The van der Waals surface area contributed by atoms with Crippen molar-refractivity contribution in [2.24, 2.45) is 0 Å². The minimum atomic E-state index is 0.0858. The third kappa shape index (κ3) is 3.28. The first-order valence-electron chi connectivity index (χ1n) is 8.42. The van der Waals surface area contributed by atoms with Gasteiger partial charge in [0.25, 0.3) is 0 Å². The molecule has 3 heterocycles. The van der Waals surface area contributed by atoms with Gasteiger partial charge in [0, 0.05) is 39.1 Å². The number of benzene rings is 1. The van der Waals surface area contributed by atoms with Crippen molar-refractivity contribution < 1.29 is 14.3 Å². The molecule has 6 nitrogen and oxygen atoms in total. The van der Waals surface area contributed by atoms with Crippen LogP contribution in [0.4, 0.5) is 0 Å². The van der Waals surface area contributed by atoms with E-state index < -0.39 is 0 Å². The molecule has 6 heteroatoms. The summed E-state index contributed by atoms with van der Waals surface area (Å²) in [5.74, 6) is 1.87. The van der Waals surface area contributed by atoms with Gasteiger partial charge < -0.3 is 14.8 Å². The van der Waals surface area contributed by atoms with Crippen molar-refractivity contribution in [3.05, 3.63) is 24.3 Å². The maximum atomic E-state index is 11.3. The van der Waals surface area contributed by atoms with Crippen molar-refractivity contribution in [3.8, 4) is 11.5 Å². The number of nitrogens with zero attached hydrogens (tertiary/aromatic N) is 2. The Kier molecular flexibility index (Phi) is 4.10. The normalized spacial score (nSPS) is 28.6. The zero-order chi connectivity index (χ0) is 15.6. The largest absolute Gasteiger partial charge is 0.486 e. The van der Waals surface area contributed by atoms with Crippen molar-refractivity contribution in [2.75, 3.05) is 39.3 Å². The number of amides is 1. The molecule has 124 valence electrons. The van der Waals surface area contributed by atoms with Gasteiger partial charge in [0.15, 0.2) is 11.5 Å². The van der Waals surface area contributed by atoms with Crippen molar-refractivity contribution >= 4 is 5.91 Å².